The number of nitro groups is 1. The zero-order valence-corrected chi connectivity index (χ0v) is 12.0. The van der Waals surface area contributed by atoms with Crippen molar-refractivity contribution in [3.05, 3.63) is 46.5 Å². The summed E-state index contributed by atoms with van der Waals surface area (Å²) < 4.78 is 15.4. The number of benzene rings is 2. The van der Waals surface area contributed by atoms with Crippen LogP contribution in [0.3, 0.4) is 0 Å². The first-order chi connectivity index (χ1) is 10.1. The molecule has 110 valence electrons. The maximum atomic E-state index is 11.2. The van der Waals surface area contributed by atoms with Crippen LogP contribution in [0.25, 0.3) is 11.1 Å². The van der Waals surface area contributed by atoms with Crippen molar-refractivity contribution in [3.8, 4) is 28.4 Å². The van der Waals surface area contributed by atoms with Crippen molar-refractivity contribution in [2.75, 3.05) is 21.3 Å². The summed E-state index contributed by atoms with van der Waals surface area (Å²) in [7, 11) is 4.52. The maximum absolute atomic E-state index is 11.2. The van der Waals surface area contributed by atoms with E-state index in [-0.39, 0.29) is 5.69 Å². The Hall–Kier alpha value is -2.76. The number of nitrogens with zero attached hydrogens (tertiary/aromatic N) is 1. The maximum Gasteiger partial charge on any atom is 0.280 e. The van der Waals surface area contributed by atoms with Gasteiger partial charge in [0.15, 0.2) is 11.5 Å². The number of hydrogen-bond donors (Lipinski definition) is 0. The summed E-state index contributed by atoms with van der Waals surface area (Å²) in [6.45, 7) is 0. The molecule has 0 spiro atoms. The van der Waals surface area contributed by atoms with Crippen LogP contribution < -0.4 is 14.2 Å². The Kier molecular flexibility index (Phi) is 4.27. The van der Waals surface area contributed by atoms with E-state index in [9.17, 15) is 10.1 Å². The van der Waals surface area contributed by atoms with Gasteiger partial charge in [-0.05, 0) is 29.8 Å². The second kappa shape index (κ2) is 6.13. The highest BCUT2D eigenvalue weighted by Gasteiger charge is 2.18. The third-order valence-electron chi connectivity index (χ3n) is 3.10. The third kappa shape index (κ3) is 2.89. The molecule has 2 rings (SSSR count). The Morgan fingerprint density at radius 2 is 1.62 bits per heavy atom. The molecular weight excluding hydrogens is 274 g/mol. The van der Waals surface area contributed by atoms with Crippen LogP contribution in [0.15, 0.2) is 36.4 Å². The van der Waals surface area contributed by atoms with Crippen molar-refractivity contribution >= 4 is 5.69 Å². The van der Waals surface area contributed by atoms with E-state index in [0.29, 0.717) is 28.4 Å². The van der Waals surface area contributed by atoms with E-state index in [4.69, 9.17) is 14.2 Å². The molecule has 0 saturated carbocycles. The minimum atomic E-state index is -0.436. The van der Waals surface area contributed by atoms with Crippen LogP contribution in [-0.4, -0.2) is 26.3 Å². The Balaban J connectivity index is 2.58. The fourth-order valence-corrected chi connectivity index (χ4v) is 2.04. The van der Waals surface area contributed by atoms with Crippen LogP contribution in [-0.2, 0) is 0 Å². The number of rotatable bonds is 5. The second-order valence-corrected chi connectivity index (χ2v) is 4.21. The summed E-state index contributed by atoms with van der Waals surface area (Å²) in [6.07, 6.45) is 0. The number of nitro benzene ring substituents is 1. The Morgan fingerprint density at radius 1 is 0.905 bits per heavy atom. The van der Waals surface area contributed by atoms with Crippen molar-refractivity contribution < 1.29 is 19.1 Å². The molecule has 21 heavy (non-hydrogen) atoms. The fourth-order valence-electron chi connectivity index (χ4n) is 2.04. The largest absolute Gasteiger partial charge is 0.497 e. The molecule has 0 amide bonds. The Morgan fingerprint density at radius 3 is 2.19 bits per heavy atom. The first kappa shape index (κ1) is 14.6. The lowest BCUT2D eigenvalue weighted by atomic mass is 10.0. The SMILES string of the molecule is COc1ccc(-c2ccc(OC)c(OC)c2)c([N+](=O)[O-])c1. The van der Waals surface area contributed by atoms with Crippen LogP contribution in [0.1, 0.15) is 0 Å². The molecule has 0 atom stereocenters. The van der Waals surface area contributed by atoms with Crippen molar-refractivity contribution in [1.82, 2.24) is 0 Å². The molecular formula is C15H15NO5. The zero-order valence-electron chi connectivity index (χ0n) is 12.0. The minimum Gasteiger partial charge on any atom is -0.497 e. The highest BCUT2D eigenvalue weighted by molar-refractivity contribution is 5.76. The van der Waals surface area contributed by atoms with E-state index < -0.39 is 4.92 Å². The molecule has 0 saturated heterocycles. The molecule has 0 aliphatic carbocycles. The number of ether oxygens (including phenoxy) is 3. The van der Waals surface area contributed by atoms with Gasteiger partial charge < -0.3 is 14.2 Å². The summed E-state index contributed by atoms with van der Waals surface area (Å²) >= 11 is 0. The molecule has 0 aliphatic rings. The summed E-state index contributed by atoms with van der Waals surface area (Å²) in [5, 5.41) is 11.2. The van der Waals surface area contributed by atoms with Crippen LogP contribution in [0, 0.1) is 10.1 Å². The highest BCUT2D eigenvalue weighted by atomic mass is 16.6. The topological polar surface area (TPSA) is 70.8 Å². The van der Waals surface area contributed by atoms with Gasteiger partial charge in [0, 0.05) is 0 Å². The lowest BCUT2D eigenvalue weighted by Crippen LogP contribution is -1.95. The van der Waals surface area contributed by atoms with Crippen LogP contribution in [0.4, 0.5) is 5.69 Å². The van der Waals surface area contributed by atoms with E-state index in [1.165, 1.54) is 27.4 Å². The number of hydrogen-bond acceptors (Lipinski definition) is 5. The fraction of sp³-hybridized carbons (Fsp3) is 0.200. The molecule has 0 aliphatic heterocycles. The average molecular weight is 289 g/mol. The van der Waals surface area contributed by atoms with E-state index >= 15 is 0 Å². The third-order valence-corrected chi connectivity index (χ3v) is 3.10. The van der Waals surface area contributed by atoms with Crippen molar-refractivity contribution in [3.63, 3.8) is 0 Å². The monoisotopic (exact) mass is 289 g/mol. The van der Waals surface area contributed by atoms with Gasteiger partial charge in [-0.1, -0.05) is 6.07 Å². The second-order valence-electron chi connectivity index (χ2n) is 4.21. The normalized spacial score (nSPS) is 10.0. The molecule has 6 nitrogen and oxygen atoms in total. The van der Waals surface area contributed by atoms with Gasteiger partial charge in [0.05, 0.1) is 37.9 Å². The first-order valence-corrected chi connectivity index (χ1v) is 6.15. The van der Waals surface area contributed by atoms with Crippen LogP contribution >= 0.6 is 0 Å². The van der Waals surface area contributed by atoms with Gasteiger partial charge in [-0.3, -0.25) is 10.1 Å². The lowest BCUT2D eigenvalue weighted by Gasteiger charge is -2.10. The Labute approximate surface area is 122 Å². The van der Waals surface area contributed by atoms with Gasteiger partial charge in [0.2, 0.25) is 0 Å². The zero-order chi connectivity index (χ0) is 15.4. The molecule has 2 aromatic carbocycles. The first-order valence-electron chi connectivity index (χ1n) is 6.15. The molecule has 0 bridgehead atoms. The quantitative estimate of drug-likeness (QED) is 0.624. The predicted molar refractivity (Wildman–Crippen MR) is 78.2 cm³/mol. The minimum absolute atomic E-state index is 0.0263. The molecule has 0 unspecified atom stereocenters. The van der Waals surface area contributed by atoms with Gasteiger partial charge >= 0.3 is 0 Å². The smallest absolute Gasteiger partial charge is 0.280 e. The standard InChI is InChI=1S/C15H15NO5/c1-19-11-5-6-12(13(9-11)16(17)18)10-4-7-14(20-2)15(8-10)21-3/h4-9H,1-3H3. The molecule has 0 heterocycles. The molecule has 0 aromatic heterocycles. The van der Waals surface area contributed by atoms with E-state index in [1.54, 1.807) is 30.3 Å². The number of methoxy groups -OCH3 is 3. The van der Waals surface area contributed by atoms with Crippen molar-refractivity contribution in [2.45, 2.75) is 0 Å². The van der Waals surface area contributed by atoms with Gasteiger partial charge in [0.25, 0.3) is 5.69 Å². The lowest BCUT2D eigenvalue weighted by molar-refractivity contribution is -0.384. The molecule has 6 heteroatoms. The summed E-state index contributed by atoms with van der Waals surface area (Å²) in [6, 6.07) is 9.88. The van der Waals surface area contributed by atoms with Gasteiger partial charge in [-0.15, -0.1) is 0 Å². The molecule has 0 N–H and O–H groups in total. The van der Waals surface area contributed by atoms with Crippen molar-refractivity contribution in [2.24, 2.45) is 0 Å². The van der Waals surface area contributed by atoms with Crippen molar-refractivity contribution in [1.29, 1.82) is 0 Å². The van der Waals surface area contributed by atoms with Gasteiger partial charge in [0.1, 0.15) is 5.75 Å². The van der Waals surface area contributed by atoms with E-state index in [1.807, 2.05) is 0 Å². The van der Waals surface area contributed by atoms with Crippen LogP contribution in [0.2, 0.25) is 0 Å². The van der Waals surface area contributed by atoms with Crippen LogP contribution in [0.5, 0.6) is 17.2 Å². The molecule has 2 aromatic rings. The highest BCUT2D eigenvalue weighted by Crippen LogP contribution is 2.37. The summed E-state index contributed by atoms with van der Waals surface area (Å²) in [5.41, 5.74) is 1.13. The predicted octanol–water partition coefficient (Wildman–Crippen LogP) is 3.29. The van der Waals surface area contributed by atoms with E-state index in [2.05, 4.69) is 0 Å². The van der Waals surface area contributed by atoms with Gasteiger partial charge in [-0.2, -0.15) is 0 Å². The average Bonchev–Trinajstić information content (AvgIpc) is 2.53. The Bertz CT molecular complexity index is 669. The van der Waals surface area contributed by atoms with Gasteiger partial charge in [-0.25, -0.2) is 0 Å². The van der Waals surface area contributed by atoms with E-state index in [0.717, 1.165) is 0 Å². The summed E-state index contributed by atoms with van der Waals surface area (Å²) in [5.74, 6) is 1.52. The molecule has 0 fully saturated rings. The molecule has 0 radical (unpaired) electrons. The summed E-state index contributed by atoms with van der Waals surface area (Å²) in [4.78, 5) is 10.8.